The zero-order chi connectivity index (χ0) is 27.2. The Balaban J connectivity index is 1.40. The number of carbonyl (C=O) groups is 1. The maximum atomic E-state index is 13.3. The summed E-state index contributed by atoms with van der Waals surface area (Å²) in [6.45, 7) is 14.7. The summed E-state index contributed by atoms with van der Waals surface area (Å²) in [6.07, 6.45) is 5.83. The van der Waals surface area contributed by atoms with E-state index in [4.69, 9.17) is 13.8 Å². The van der Waals surface area contributed by atoms with Crippen molar-refractivity contribution in [2.45, 2.75) is 58.4 Å². The summed E-state index contributed by atoms with van der Waals surface area (Å²) in [4.78, 5) is 29.0. The SMILES string of the molecule is Cc1cc(-c2nc(C(=O)Nc3cc4cnn(C)c4nc3N3CC[C@H](O[Si](C)(C)C(C)(C)C)C3)co2)ccn1. The Morgan fingerprint density at radius 1 is 1.24 bits per heavy atom. The fraction of sp³-hybridized carbons (Fsp3) is 0.444. The van der Waals surface area contributed by atoms with E-state index in [1.807, 2.05) is 26.1 Å². The van der Waals surface area contributed by atoms with Gasteiger partial charge in [0.2, 0.25) is 5.89 Å². The molecule has 11 heteroatoms. The number of rotatable bonds is 6. The lowest BCUT2D eigenvalue weighted by molar-refractivity contribution is 0.102. The van der Waals surface area contributed by atoms with Crippen LogP contribution in [0.15, 0.2) is 41.3 Å². The van der Waals surface area contributed by atoms with Crippen LogP contribution in [0.4, 0.5) is 11.5 Å². The summed E-state index contributed by atoms with van der Waals surface area (Å²) in [5.74, 6) is 0.696. The number of nitrogens with zero attached hydrogens (tertiary/aromatic N) is 6. The summed E-state index contributed by atoms with van der Waals surface area (Å²) in [7, 11) is -0.0455. The minimum Gasteiger partial charge on any atom is -0.444 e. The Morgan fingerprint density at radius 2 is 2.03 bits per heavy atom. The largest absolute Gasteiger partial charge is 0.444 e. The lowest BCUT2D eigenvalue weighted by Gasteiger charge is -2.38. The number of fused-ring (bicyclic) bond motifs is 1. The number of amides is 1. The fourth-order valence-corrected chi connectivity index (χ4v) is 5.77. The third kappa shape index (κ3) is 5.08. The van der Waals surface area contributed by atoms with E-state index in [9.17, 15) is 4.79 Å². The molecule has 10 nitrogen and oxygen atoms in total. The molecule has 4 aromatic heterocycles. The van der Waals surface area contributed by atoms with Crippen LogP contribution in [-0.4, -0.2) is 58.2 Å². The summed E-state index contributed by atoms with van der Waals surface area (Å²) in [5, 5.41) is 8.35. The van der Waals surface area contributed by atoms with E-state index in [1.54, 1.807) is 23.1 Å². The topological polar surface area (TPSA) is 111 Å². The van der Waals surface area contributed by atoms with E-state index < -0.39 is 8.32 Å². The predicted octanol–water partition coefficient (Wildman–Crippen LogP) is 5.18. The van der Waals surface area contributed by atoms with Gasteiger partial charge in [0.05, 0.1) is 18.0 Å². The van der Waals surface area contributed by atoms with Crippen LogP contribution >= 0.6 is 0 Å². The Labute approximate surface area is 223 Å². The molecule has 1 saturated heterocycles. The van der Waals surface area contributed by atoms with E-state index in [1.165, 1.54) is 6.26 Å². The van der Waals surface area contributed by atoms with E-state index in [2.05, 4.69) is 59.1 Å². The van der Waals surface area contributed by atoms with Crippen molar-refractivity contribution in [3.05, 3.63) is 48.2 Å². The maximum Gasteiger partial charge on any atom is 0.277 e. The Morgan fingerprint density at radius 3 is 2.76 bits per heavy atom. The van der Waals surface area contributed by atoms with E-state index >= 15 is 0 Å². The first-order valence-electron chi connectivity index (χ1n) is 12.9. The summed E-state index contributed by atoms with van der Waals surface area (Å²) < 4.78 is 14.0. The molecule has 0 radical (unpaired) electrons. The molecule has 0 unspecified atom stereocenters. The summed E-state index contributed by atoms with van der Waals surface area (Å²) in [6, 6.07) is 5.58. The monoisotopic (exact) mass is 533 g/mol. The highest BCUT2D eigenvalue weighted by Gasteiger charge is 2.41. The van der Waals surface area contributed by atoms with Gasteiger partial charge in [0, 0.05) is 43.0 Å². The van der Waals surface area contributed by atoms with Crippen molar-refractivity contribution in [1.29, 1.82) is 0 Å². The Bertz CT molecular complexity index is 1490. The van der Waals surface area contributed by atoms with Gasteiger partial charge in [-0.05, 0) is 49.7 Å². The minimum absolute atomic E-state index is 0.116. The Kier molecular flexibility index (Phi) is 6.60. The smallest absolute Gasteiger partial charge is 0.277 e. The molecule has 0 saturated carbocycles. The first-order valence-corrected chi connectivity index (χ1v) is 15.8. The number of oxazole rings is 1. The molecular weight excluding hydrogens is 498 g/mol. The molecule has 0 spiro atoms. The van der Waals surface area contributed by atoms with Crippen molar-refractivity contribution in [2.24, 2.45) is 7.05 Å². The van der Waals surface area contributed by atoms with Gasteiger partial charge < -0.3 is 19.1 Å². The van der Waals surface area contributed by atoms with Crippen LogP contribution in [0.3, 0.4) is 0 Å². The van der Waals surface area contributed by atoms with Gasteiger partial charge in [0.25, 0.3) is 5.91 Å². The zero-order valence-corrected chi connectivity index (χ0v) is 24.1. The highest BCUT2D eigenvalue weighted by molar-refractivity contribution is 6.74. The van der Waals surface area contributed by atoms with Crippen molar-refractivity contribution in [2.75, 3.05) is 23.3 Å². The molecule has 1 aliphatic rings. The van der Waals surface area contributed by atoms with Crippen LogP contribution in [0.1, 0.15) is 43.4 Å². The van der Waals surface area contributed by atoms with Gasteiger partial charge in [-0.2, -0.15) is 5.10 Å². The molecule has 1 atom stereocenters. The fourth-order valence-electron chi connectivity index (χ4n) is 4.39. The lowest BCUT2D eigenvalue weighted by atomic mass is 10.2. The van der Waals surface area contributed by atoms with Gasteiger partial charge in [0.15, 0.2) is 25.5 Å². The van der Waals surface area contributed by atoms with Crippen molar-refractivity contribution >= 4 is 36.8 Å². The number of carbonyl (C=O) groups excluding carboxylic acids is 1. The molecule has 5 heterocycles. The van der Waals surface area contributed by atoms with Crippen LogP contribution in [0.2, 0.25) is 18.1 Å². The molecule has 200 valence electrons. The van der Waals surface area contributed by atoms with Gasteiger partial charge >= 0.3 is 0 Å². The molecule has 4 aromatic rings. The predicted molar refractivity (Wildman–Crippen MR) is 150 cm³/mol. The number of aromatic nitrogens is 5. The Hall–Kier alpha value is -3.57. The summed E-state index contributed by atoms with van der Waals surface area (Å²) >= 11 is 0. The van der Waals surface area contributed by atoms with Gasteiger partial charge in [0.1, 0.15) is 6.26 Å². The quantitative estimate of drug-likeness (QED) is 0.338. The molecule has 0 bridgehead atoms. The van der Waals surface area contributed by atoms with Crippen LogP contribution < -0.4 is 10.2 Å². The third-order valence-electron chi connectivity index (χ3n) is 7.53. The standard InChI is InChI=1S/C27H35N7O3Si/c1-17-12-18(8-10-28-17)26-31-22(16-36-26)25(35)30-21-13-19-14-29-33(5)23(19)32-24(21)34-11-9-20(15-34)37-38(6,7)27(2,3)4/h8,10,12-14,16,20H,9,11,15H2,1-7H3,(H,30,35)/t20-/m0/s1. The van der Waals surface area contributed by atoms with Crippen LogP contribution in [-0.2, 0) is 11.5 Å². The van der Waals surface area contributed by atoms with Crippen LogP contribution in [0.25, 0.3) is 22.5 Å². The second-order valence-electron chi connectivity index (χ2n) is 11.5. The van der Waals surface area contributed by atoms with Crippen LogP contribution in [0, 0.1) is 6.92 Å². The highest BCUT2D eigenvalue weighted by atomic mass is 28.4. The maximum absolute atomic E-state index is 13.3. The minimum atomic E-state index is -1.91. The highest BCUT2D eigenvalue weighted by Crippen LogP contribution is 2.39. The van der Waals surface area contributed by atoms with Crippen molar-refractivity contribution in [1.82, 2.24) is 24.7 Å². The normalized spacial score (nSPS) is 16.4. The number of hydrogen-bond donors (Lipinski definition) is 1. The molecule has 1 amide bonds. The molecule has 1 N–H and O–H groups in total. The van der Waals surface area contributed by atoms with E-state index in [-0.39, 0.29) is 22.7 Å². The third-order valence-corrected chi connectivity index (χ3v) is 12.1. The number of pyridine rings is 2. The van der Waals surface area contributed by atoms with Crippen LogP contribution in [0.5, 0.6) is 0 Å². The van der Waals surface area contributed by atoms with E-state index in [0.29, 0.717) is 23.9 Å². The number of nitrogens with one attached hydrogen (secondary N) is 1. The van der Waals surface area contributed by atoms with Gasteiger partial charge in [-0.15, -0.1) is 0 Å². The second-order valence-corrected chi connectivity index (χ2v) is 16.2. The van der Waals surface area contributed by atoms with Gasteiger partial charge in [-0.3, -0.25) is 14.5 Å². The number of anilines is 2. The molecular formula is C27H35N7O3Si. The van der Waals surface area contributed by atoms with Gasteiger partial charge in [-0.25, -0.2) is 9.97 Å². The molecule has 38 heavy (non-hydrogen) atoms. The average Bonchev–Trinajstić information content (AvgIpc) is 3.58. The molecule has 0 aliphatic carbocycles. The van der Waals surface area contributed by atoms with Crippen molar-refractivity contribution in [3.8, 4) is 11.5 Å². The van der Waals surface area contributed by atoms with Gasteiger partial charge in [-0.1, -0.05) is 20.8 Å². The first-order chi connectivity index (χ1) is 17.9. The molecule has 0 aromatic carbocycles. The summed E-state index contributed by atoms with van der Waals surface area (Å²) in [5.41, 5.74) is 3.15. The van der Waals surface area contributed by atoms with Crippen molar-refractivity contribution in [3.63, 3.8) is 0 Å². The molecule has 1 fully saturated rings. The zero-order valence-electron chi connectivity index (χ0n) is 23.1. The van der Waals surface area contributed by atoms with Crippen molar-refractivity contribution < 1.29 is 13.6 Å². The van der Waals surface area contributed by atoms with E-state index in [0.717, 1.165) is 35.3 Å². The first kappa shape index (κ1) is 26.1. The average molecular weight is 534 g/mol. The number of aryl methyl sites for hydroxylation is 2. The molecule has 1 aliphatic heterocycles. The molecule has 5 rings (SSSR count). The number of hydrogen-bond acceptors (Lipinski definition) is 8. The second kappa shape index (κ2) is 9.63. The lowest BCUT2D eigenvalue weighted by Crippen LogP contribution is -2.44.